The first-order valence-corrected chi connectivity index (χ1v) is 22.4. The van der Waals surface area contributed by atoms with Gasteiger partial charge in [0.15, 0.2) is 5.58 Å². The van der Waals surface area contributed by atoms with Gasteiger partial charge < -0.3 is 14.2 Å². The summed E-state index contributed by atoms with van der Waals surface area (Å²) in [6, 6.07) is 77.8. The zero-order chi connectivity index (χ0) is 46.0. The van der Waals surface area contributed by atoms with Crippen LogP contribution in [-0.4, -0.2) is 0 Å². The van der Waals surface area contributed by atoms with Gasteiger partial charge in [0.2, 0.25) is 0 Å². The normalized spacial score (nSPS) is 12.7. The Bertz CT molecular complexity index is 3710. The summed E-state index contributed by atoms with van der Waals surface area (Å²) in [5.74, 6) is 0. The first kappa shape index (κ1) is 40.6. The Morgan fingerprint density at radius 2 is 1.00 bits per heavy atom. The maximum atomic E-state index is 13.9. The quantitative estimate of drug-likeness (QED) is 0.152. The largest absolute Gasteiger partial charge is 0.454 e. The molecule has 1 heterocycles. The molecule has 12 rings (SSSR count). The van der Waals surface area contributed by atoms with E-state index in [4.69, 9.17) is 4.42 Å². The van der Waals surface area contributed by atoms with E-state index in [0.717, 1.165) is 107 Å². The molecule has 4 nitrogen and oxygen atoms in total. The lowest BCUT2D eigenvalue weighted by Gasteiger charge is -2.36. The van der Waals surface area contributed by atoms with Gasteiger partial charge in [-0.3, -0.25) is 0 Å². The van der Waals surface area contributed by atoms with E-state index in [1.54, 1.807) is 0 Å². The Morgan fingerprint density at radius 3 is 1.69 bits per heavy atom. The van der Waals surface area contributed by atoms with Crippen LogP contribution >= 0.6 is 0 Å². The average Bonchev–Trinajstić information content (AvgIpc) is 3.92. The van der Waals surface area contributed by atoms with E-state index in [1.165, 1.54) is 12.1 Å². The summed E-state index contributed by atoms with van der Waals surface area (Å²) in [5, 5.41) is 14.3. The third kappa shape index (κ3) is 6.37. The fourth-order valence-corrected chi connectivity index (χ4v) is 10.5. The van der Waals surface area contributed by atoms with Crippen LogP contribution in [0, 0.1) is 11.3 Å². The molecule has 10 aromatic carbocycles. The Labute approximate surface area is 390 Å². The summed E-state index contributed by atoms with van der Waals surface area (Å²) in [4.78, 5) is 4.25. The predicted molar refractivity (Wildman–Crippen MR) is 268 cm³/mol. The molecule has 68 heavy (non-hydrogen) atoms. The van der Waals surface area contributed by atoms with Crippen LogP contribution in [0.5, 0.6) is 0 Å². The highest BCUT2D eigenvalue weighted by Gasteiger charge is 2.48. The van der Waals surface area contributed by atoms with Crippen molar-refractivity contribution in [2.75, 3.05) is 9.80 Å². The molecule has 0 amide bonds. The van der Waals surface area contributed by atoms with Gasteiger partial charge in [-0.2, -0.15) is 18.4 Å². The Morgan fingerprint density at radius 1 is 0.441 bits per heavy atom. The summed E-state index contributed by atoms with van der Waals surface area (Å²) in [6.45, 7) is 0. The van der Waals surface area contributed by atoms with Crippen molar-refractivity contribution in [1.29, 1.82) is 5.26 Å². The fourth-order valence-electron chi connectivity index (χ4n) is 10.5. The van der Waals surface area contributed by atoms with Crippen LogP contribution in [0.2, 0.25) is 0 Å². The maximum absolute atomic E-state index is 13.9. The second-order valence-corrected chi connectivity index (χ2v) is 17.0. The molecule has 324 valence electrons. The summed E-state index contributed by atoms with van der Waals surface area (Å²) >= 11 is 0. The average molecular weight is 886 g/mol. The monoisotopic (exact) mass is 885 g/mol. The number of fused-ring (bicyclic) bond motifs is 8. The van der Waals surface area contributed by atoms with Gasteiger partial charge in [0.1, 0.15) is 5.58 Å². The molecule has 0 aliphatic heterocycles. The van der Waals surface area contributed by atoms with Crippen LogP contribution in [0.4, 0.5) is 47.3 Å². The van der Waals surface area contributed by atoms with E-state index in [1.807, 2.05) is 89.8 Å². The van der Waals surface area contributed by atoms with Crippen molar-refractivity contribution in [3.63, 3.8) is 0 Å². The lowest BCUT2D eigenvalue weighted by molar-refractivity contribution is -0.137. The first-order valence-electron chi connectivity index (χ1n) is 22.4. The highest BCUT2D eigenvalue weighted by Crippen LogP contribution is 2.61. The highest BCUT2D eigenvalue weighted by molar-refractivity contribution is 6.14. The molecule has 0 radical (unpaired) electrons. The third-order valence-corrected chi connectivity index (χ3v) is 13.3. The molecule has 0 bridgehead atoms. The Hall–Kier alpha value is -8.86. The second kappa shape index (κ2) is 15.9. The maximum Gasteiger partial charge on any atom is 0.416 e. The Kier molecular flexibility index (Phi) is 9.52. The number of nitriles is 1. The minimum atomic E-state index is -4.48. The second-order valence-electron chi connectivity index (χ2n) is 17.0. The summed E-state index contributed by atoms with van der Waals surface area (Å²) in [5.41, 5.74) is 11.4. The number of rotatable bonds is 8. The molecule has 0 atom stereocenters. The molecular formula is C61H38F3N3O. The van der Waals surface area contributed by atoms with Crippen molar-refractivity contribution in [1.82, 2.24) is 0 Å². The minimum absolute atomic E-state index is 0.522. The minimum Gasteiger partial charge on any atom is -0.454 e. The number of hydrogen-bond acceptors (Lipinski definition) is 4. The molecule has 0 spiro atoms. The van der Waals surface area contributed by atoms with E-state index < -0.39 is 17.2 Å². The van der Waals surface area contributed by atoms with Crippen LogP contribution in [-0.2, 0) is 11.6 Å². The SMILES string of the molecule is N#Cc1cccc(N(c2cc3c(c4ccccc24)-c2ccc(N(c4ccccc4)c4ccc(C(F)(F)F)cc4)cc2C3(c2ccccc2)c2ccccc2)c2cccc3c2oc2ccccc23)c1. The predicted octanol–water partition coefficient (Wildman–Crippen LogP) is 16.9. The molecule has 0 saturated carbocycles. The zero-order valence-corrected chi connectivity index (χ0v) is 36.3. The summed E-state index contributed by atoms with van der Waals surface area (Å²) < 4.78 is 48.6. The van der Waals surface area contributed by atoms with Crippen LogP contribution in [0.25, 0.3) is 43.8 Å². The molecule has 1 aromatic heterocycles. The molecular weight excluding hydrogens is 848 g/mol. The van der Waals surface area contributed by atoms with Crippen molar-refractivity contribution in [2.45, 2.75) is 11.6 Å². The van der Waals surface area contributed by atoms with Gasteiger partial charge in [-0.05, 0) is 124 Å². The number of anilines is 6. The fraction of sp³-hybridized carbons (Fsp3) is 0.0328. The molecule has 11 aromatic rings. The van der Waals surface area contributed by atoms with Crippen molar-refractivity contribution in [3.8, 4) is 17.2 Å². The van der Waals surface area contributed by atoms with Crippen molar-refractivity contribution >= 4 is 66.8 Å². The number of alkyl halides is 3. The van der Waals surface area contributed by atoms with Gasteiger partial charge in [-0.15, -0.1) is 0 Å². The molecule has 1 aliphatic carbocycles. The van der Waals surface area contributed by atoms with E-state index in [0.29, 0.717) is 11.3 Å². The lowest BCUT2D eigenvalue weighted by atomic mass is 9.67. The van der Waals surface area contributed by atoms with Crippen molar-refractivity contribution < 1.29 is 17.6 Å². The lowest BCUT2D eigenvalue weighted by Crippen LogP contribution is -2.29. The number of para-hydroxylation sites is 3. The molecule has 0 N–H and O–H groups in total. The number of halogens is 3. The van der Waals surface area contributed by atoms with Crippen LogP contribution in [0.1, 0.15) is 33.4 Å². The standard InChI is InChI=1S/C61H38F3N3O/c62-61(63,64)43-30-32-45(33-31-43)66(44-21-8-3-9-22-44)47-34-35-52-53(37-47)60(41-17-4-1-5-18-41,42-19-6-2-7-20-42)54-38-56(48-24-10-11-26-50(48)58(52)54)67(46-23-14-16-40(36-46)39-65)55-28-15-27-51-49-25-12-13-29-57(49)68-59(51)55/h1-38H. The van der Waals surface area contributed by atoms with Gasteiger partial charge in [-0.25, -0.2) is 0 Å². The van der Waals surface area contributed by atoms with Gasteiger partial charge in [0.05, 0.1) is 34.0 Å². The van der Waals surface area contributed by atoms with Crippen molar-refractivity contribution in [3.05, 3.63) is 264 Å². The number of furan rings is 1. The topological polar surface area (TPSA) is 43.4 Å². The Balaban J connectivity index is 1.19. The summed E-state index contributed by atoms with van der Waals surface area (Å²) in [6.07, 6.45) is -4.48. The third-order valence-electron chi connectivity index (χ3n) is 13.3. The van der Waals surface area contributed by atoms with Gasteiger partial charge >= 0.3 is 6.18 Å². The van der Waals surface area contributed by atoms with Crippen LogP contribution in [0.3, 0.4) is 0 Å². The van der Waals surface area contributed by atoms with Gasteiger partial charge in [0.25, 0.3) is 0 Å². The summed E-state index contributed by atoms with van der Waals surface area (Å²) in [7, 11) is 0. The highest BCUT2D eigenvalue weighted by atomic mass is 19.4. The van der Waals surface area contributed by atoms with Crippen LogP contribution < -0.4 is 9.80 Å². The van der Waals surface area contributed by atoms with Gasteiger partial charge in [-0.1, -0.05) is 146 Å². The van der Waals surface area contributed by atoms with Gasteiger partial charge in [0, 0.05) is 38.9 Å². The van der Waals surface area contributed by atoms with Crippen LogP contribution in [0.15, 0.2) is 235 Å². The number of benzene rings is 10. The zero-order valence-electron chi connectivity index (χ0n) is 36.3. The number of nitrogens with zero attached hydrogens (tertiary/aromatic N) is 3. The van der Waals surface area contributed by atoms with E-state index in [-0.39, 0.29) is 0 Å². The molecule has 0 fully saturated rings. The van der Waals surface area contributed by atoms with E-state index in [9.17, 15) is 18.4 Å². The molecule has 0 unspecified atom stereocenters. The molecule has 7 heteroatoms. The molecule has 0 saturated heterocycles. The molecule has 1 aliphatic rings. The van der Waals surface area contributed by atoms with E-state index in [2.05, 4.69) is 132 Å². The van der Waals surface area contributed by atoms with E-state index >= 15 is 0 Å². The first-order chi connectivity index (χ1) is 33.3. The smallest absolute Gasteiger partial charge is 0.416 e. The van der Waals surface area contributed by atoms with Crippen molar-refractivity contribution in [2.24, 2.45) is 0 Å². The number of hydrogen-bond donors (Lipinski definition) is 0.